The van der Waals surface area contributed by atoms with Gasteiger partial charge in [0.2, 0.25) is 17.7 Å². The van der Waals surface area contributed by atoms with Gasteiger partial charge < -0.3 is 20.3 Å². The first-order chi connectivity index (χ1) is 10.1. The Bertz CT molecular complexity index is 403. The quantitative estimate of drug-likeness (QED) is 0.716. The van der Waals surface area contributed by atoms with Crippen molar-refractivity contribution in [3.8, 4) is 0 Å². The molecule has 2 unspecified atom stereocenters. The molecule has 2 saturated heterocycles. The summed E-state index contributed by atoms with van der Waals surface area (Å²) in [5.41, 5.74) is 0. The monoisotopic (exact) mass is 297 g/mol. The van der Waals surface area contributed by atoms with Crippen molar-refractivity contribution in [1.82, 2.24) is 15.5 Å². The first-order valence-corrected chi connectivity index (χ1v) is 7.56. The molecule has 2 aliphatic heterocycles. The predicted molar refractivity (Wildman–Crippen MR) is 75.4 cm³/mol. The molecule has 0 aliphatic carbocycles. The summed E-state index contributed by atoms with van der Waals surface area (Å²) in [6.45, 7) is 4.04. The highest BCUT2D eigenvalue weighted by molar-refractivity contribution is 5.90. The SMILES string of the molecule is CCCNC(=O)C1COCCN1C(=O)C1CCC(=O)NC1. The minimum atomic E-state index is -0.560. The summed E-state index contributed by atoms with van der Waals surface area (Å²) in [6, 6.07) is -0.560. The Balaban J connectivity index is 1.98. The van der Waals surface area contributed by atoms with Crippen LogP contribution in [0.2, 0.25) is 0 Å². The normalized spacial score (nSPS) is 26.1. The molecule has 3 amide bonds. The van der Waals surface area contributed by atoms with Crippen LogP contribution < -0.4 is 10.6 Å². The maximum atomic E-state index is 12.6. The van der Waals surface area contributed by atoms with Gasteiger partial charge in [0.15, 0.2) is 0 Å². The zero-order valence-corrected chi connectivity index (χ0v) is 12.4. The van der Waals surface area contributed by atoms with Gasteiger partial charge in [-0.25, -0.2) is 0 Å². The standard InChI is InChI=1S/C14H23N3O4/c1-2-5-15-13(19)11-9-21-7-6-17(11)14(20)10-3-4-12(18)16-8-10/h10-11H,2-9H2,1H3,(H,15,19)(H,16,18). The Labute approximate surface area is 124 Å². The number of carbonyl (C=O) groups is 3. The van der Waals surface area contributed by atoms with Crippen LogP contribution in [0, 0.1) is 5.92 Å². The van der Waals surface area contributed by atoms with Crippen molar-refractivity contribution in [3.63, 3.8) is 0 Å². The molecule has 2 fully saturated rings. The Morgan fingerprint density at radius 3 is 2.95 bits per heavy atom. The van der Waals surface area contributed by atoms with Crippen LogP contribution in [-0.2, 0) is 19.1 Å². The van der Waals surface area contributed by atoms with Crippen LogP contribution in [0.3, 0.4) is 0 Å². The molecule has 2 atom stereocenters. The third-order valence-corrected chi connectivity index (χ3v) is 3.88. The number of carbonyl (C=O) groups excluding carboxylic acids is 3. The van der Waals surface area contributed by atoms with E-state index in [-0.39, 0.29) is 30.2 Å². The van der Waals surface area contributed by atoms with Crippen molar-refractivity contribution < 1.29 is 19.1 Å². The molecule has 0 bridgehead atoms. The van der Waals surface area contributed by atoms with E-state index in [1.807, 2.05) is 6.92 Å². The smallest absolute Gasteiger partial charge is 0.245 e. The Kier molecular flexibility index (Phi) is 5.55. The molecule has 2 N–H and O–H groups in total. The van der Waals surface area contributed by atoms with Gasteiger partial charge in [0.25, 0.3) is 0 Å². The van der Waals surface area contributed by atoms with E-state index in [2.05, 4.69) is 10.6 Å². The molecule has 7 heteroatoms. The van der Waals surface area contributed by atoms with Gasteiger partial charge in [0.05, 0.1) is 19.1 Å². The van der Waals surface area contributed by atoms with E-state index in [0.717, 1.165) is 6.42 Å². The van der Waals surface area contributed by atoms with E-state index in [0.29, 0.717) is 39.1 Å². The number of rotatable bonds is 4. The van der Waals surface area contributed by atoms with Gasteiger partial charge in [-0.2, -0.15) is 0 Å². The van der Waals surface area contributed by atoms with Crippen LogP contribution in [0.15, 0.2) is 0 Å². The second kappa shape index (κ2) is 7.40. The first kappa shape index (κ1) is 15.8. The van der Waals surface area contributed by atoms with Crippen molar-refractivity contribution in [2.45, 2.75) is 32.2 Å². The van der Waals surface area contributed by atoms with Gasteiger partial charge in [-0.15, -0.1) is 0 Å². The molecule has 0 radical (unpaired) electrons. The lowest BCUT2D eigenvalue weighted by Gasteiger charge is -2.37. The summed E-state index contributed by atoms with van der Waals surface area (Å²) in [6.07, 6.45) is 1.76. The van der Waals surface area contributed by atoms with Crippen LogP contribution in [0.25, 0.3) is 0 Å². The highest BCUT2D eigenvalue weighted by Gasteiger charge is 2.36. The third kappa shape index (κ3) is 3.93. The number of hydrogen-bond donors (Lipinski definition) is 2. The predicted octanol–water partition coefficient (Wildman–Crippen LogP) is -0.734. The van der Waals surface area contributed by atoms with Crippen LogP contribution in [0.4, 0.5) is 0 Å². The summed E-state index contributed by atoms with van der Waals surface area (Å²) in [5, 5.41) is 5.53. The second-order valence-electron chi connectivity index (χ2n) is 5.45. The number of amides is 3. The van der Waals surface area contributed by atoms with E-state index < -0.39 is 6.04 Å². The average Bonchev–Trinajstić information content (AvgIpc) is 2.52. The summed E-state index contributed by atoms with van der Waals surface area (Å²) < 4.78 is 5.34. The molecule has 2 heterocycles. The second-order valence-corrected chi connectivity index (χ2v) is 5.45. The highest BCUT2D eigenvalue weighted by Crippen LogP contribution is 2.18. The van der Waals surface area contributed by atoms with Crippen molar-refractivity contribution in [1.29, 1.82) is 0 Å². The molecule has 21 heavy (non-hydrogen) atoms. The van der Waals surface area contributed by atoms with E-state index >= 15 is 0 Å². The molecule has 0 aromatic rings. The van der Waals surface area contributed by atoms with Gasteiger partial charge in [0.1, 0.15) is 6.04 Å². The van der Waals surface area contributed by atoms with E-state index in [1.165, 1.54) is 0 Å². The molecule has 2 aliphatic rings. The lowest BCUT2D eigenvalue weighted by molar-refractivity contribution is -0.152. The molecule has 0 aromatic carbocycles. The average molecular weight is 297 g/mol. The Morgan fingerprint density at radius 1 is 1.48 bits per heavy atom. The van der Waals surface area contributed by atoms with Gasteiger partial charge >= 0.3 is 0 Å². The van der Waals surface area contributed by atoms with Gasteiger partial charge in [-0.05, 0) is 12.8 Å². The van der Waals surface area contributed by atoms with Crippen LogP contribution in [-0.4, -0.2) is 61.5 Å². The summed E-state index contributed by atoms with van der Waals surface area (Å²) in [7, 11) is 0. The summed E-state index contributed by atoms with van der Waals surface area (Å²) in [5.74, 6) is -0.472. The number of piperidine rings is 1. The number of ether oxygens (including phenoxy) is 1. The van der Waals surface area contributed by atoms with Crippen molar-refractivity contribution in [3.05, 3.63) is 0 Å². The minimum Gasteiger partial charge on any atom is -0.377 e. The fraction of sp³-hybridized carbons (Fsp3) is 0.786. The number of nitrogens with zero attached hydrogens (tertiary/aromatic N) is 1. The molecule has 7 nitrogen and oxygen atoms in total. The minimum absolute atomic E-state index is 0.0155. The fourth-order valence-corrected chi connectivity index (χ4v) is 2.63. The van der Waals surface area contributed by atoms with Crippen molar-refractivity contribution in [2.75, 3.05) is 32.8 Å². The molecular formula is C14H23N3O4. The number of hydrogen-bond acceptors (Lipinski definition) is 4. The van der Waals surface area contributed by atoms with E-state index in [9.17, 15) is 14.4 Å². The highest BCUT2D eigenvalue weighted by atomic mass is 16.5. The van der Waals surface area contributed by atoms with Gasteiger partial charge in [-0.3, -0.25) is 14.4 Å². The molecule has 118 valence electrons. The first-order valence-electron chi connectivity index (χ1n) is 7.56. The summed E-state index contributed by atoms with van der Waals surface area (Å²) in [4.78, 5) is 37.5. The number of nitrogens with one attached hydrogen (secondary N) is 2. The van der Waals surface area contributed by atoms with Crippen LogP contribution in [0.1, 0.15) is 26.2 Å². The van der Waals surface area contributed by atoms with Crippen molar-refractivity contribution >= 4 is 17.7 Å². The Hall–Kier alpha value is -1.63. The fourth-order valence-electron chi connectivity index (χ4n) is 2.63. The lowest BCUT2D eigenvalue weighted by Crippen LogP contribution is -2.58. The molecular weight excluding hydrogens is 274 g/mol. The summed E-state index contributed by atoms with van der Waals surface area (Å²) >= 11 is 0. The lowest BCUT2D eigenvalue weighted by atomic mass is 9.96. The van der Waals surface area contributed by atoms with Gasteiger partial charge in [-0.1, -0.05) is 6.92 Å². The molecule has 0 saturated carbocycles. The van der Waals surface area contributed by atoms with Crippen LogP contribution in [0.5, 0.6) is 0 Å². The zero-order valence-electron chi connectivity index (χ0n) is 12.4. The van der Waals surface area contributed by atoms with Crippen LogP contribution >= 0.6 is 0 Å². The maximum Gasteiger partial charge on any atom is 0.245 e. The maximum absolute atomic E-state index is 12.6. The molecule has 0 aromatic heterocycles. The zero-order chi connectivity index (χ0) is 15.2. The topological polar surface area (TPSA) is 87.7 Å². The molecule has 2 rings (SSSR count). The molecule has 0 spiro atoms. The van der Waals surface area contributed by atoms with Gasteiger partial charge in [0, 0.05) is 26.1 Å². The Morgan fingerprint density at radius 2 is 2.29 bits per heavy atom. The largest absolute Gasteiger partial charge is 0.377 e. The van der Waals surface area contributed by atoms with E-state index in [4.69, 9.17) is 4.74 Å². The number of morpholine rings is 1. The van der Waals surface area contributed by atoms with E-state index in [1.54, 1.807) is 4.90 Å². The third-order valence-electron chi connectivity index (χ3n) is 3.88. The van der Waals surface area contributed by atoms with Crippen molar-refractivity contribution in [2.24, 2.45) is 5.92 Å².